The third kappa shape index (κ3) is 7.24. The topological polar surface area (TPSA) is 75.1 Å². The molecule has 0 aliphatic heterocycles. The molecule has 0 bridgehead atoms. The van der Waals surface area contributed by atoms with Gasteiger partial charge in [0.25, 0.3) is 0 Å². The van der Waals surface area contributed by atoms with E-state index in [2.05, 4.69) is 14.8 Å². The number of rotatable bonds is 6. The zero-order valence-electron chi connectivity index (χ0n) is 6.89. The van der Waals surface area contributed by atoms with Gasteiger partial charge in [0.2, 0.25) is 0 Å². The number of esters is 1. The molecule has 0 heterocycles. The average Bonchev–Trinajstić information content (AvgIpc) is 2.05. The van der Waals surface area contributed by atoms with Crippen LogP contribution >= 0.6 is 11.8 Å². The number of thioether (sulfide) groups is 1. The molecule has 0 fully saturated rings. The normalized spacial score (nSPS) is 8.75. The fraction of sp³-hybridized carbons (Fsp3) is 0.833. The minimum Gasteiger partial charge on any atom is -0.465 e. The average molecular weight is 189 g/mol. The van der Waals surface area contributed by atoms with Crippen LogP contribution in [0.3, 0.4) is 0 Å². The highest BCUT2D eigenvalue weighted by Crippen LogP contribution is 2.00. The van der Waals surface area contributed by atoms with Crippen molar-refractivity contribution in [3.63, 3.8) is 0 Å². The molecule has 0 aromatic heterocycles. The van der Waals surface area contributed by atoms with Gasteiger partial charge >= 0.3 is 5.97 Å². The summed E-state index contributed by atoms with van der Waals surface area (Å²) in [7, 11) is 0. The third-order valence-corrected chi connectivity index (χ3v) is 1.84. The first-order chi connectivity index (χ1) is 5.81. The molecule has 68 valence electrons. The predicted octanol–water partition coefficient (Wildman–Crippen LogP) is 1.59. The predicted molar refractivity (Wildman–Crippen MR) is 48.0 cm³/mol. The van der Waals surface area contributed by atoms with Crippen molar-refractivity contribution in [3.8, 4) is 0 Å². The first-order valence-electron chi connectivity index (χ1n) is 3.55. The highest BCUT2D eigenvalue weighted by Gasteiger charge is 1.99. The fourth-order valence-electron chi connectivity index (χ4n) is 0.508. The van der Waals surface area contributed by atoms with Crippen molar-refractivity contribution in [1.29, 1.82) is 0 Å². The Balaban J connectivity index is 3.19. The van der Waals surface area contributed by atoms with Gasteiger partial charge in [-0.2, -0.15) is 11.8 Å². The molecule has 0 aromatic rings. The van der Waals surface area contributed by atoms with Crippen molar-refractivity contribution in [2.75, 3.05) is 24.7 Å². The van der Waals surface area contributed by atoms with E-state index in [1.54, 1.807) is 6.92 Å². The molecule has 6 heteroatoms. The van der Waals surface area contributed by atoms with Crippen LogP contribution in [0.4, 0.5) is 0 Å². The molecule has 0 aliphatic carbocycles. The van der Waals surface area contributed by atoms with Crippen LogP contribution in [0.2, 0.25) is 0 Å². The van der Waals surface area contributed by atoms with E-state index in [1.807, 2.05) is 0 Å². The molecule has 0 saturated heterocycles. The molecule has 0 amide bonds. The Labute approximate surface area is 75.1 Å². The van der Waals surface area contributed by atoms with Gasteiger partial charge in [-0.15, -0.1) is 0 Å². The highest BCUT2D eigenvalue weighted by atomic mass is 32.2. The molecule has 0 spiro atoms. The molecule has 0 saturated carbocycles. The summed E-state index contributed by atoms with van der Waals surface area (Å²) < 4.78 is 4.69. The number of carbonyl (C=O) groups excluding carboxylic acids is 1. The van der Waals surface area contributed by atoms with Crippen LogP contribution in [0.5, 0.6) is 0 Å². The van der Waals surface area contributed by atoms with Crippen LogP contribution in [0.25, 0.3) is 10.4 Å². The van der Waals surface area contributed by atoms with Crippen LogP contribution in [0, 0.1) is 0 Å². The largest absolute Gasteiger partial charge is 0.465 e. The Morgan fingerprint density at radius 3 is 3.08 bits per heavy atom. The summed E-state index contributed by atoms with van der Waals surface area (Å²) in [4.78, 5) is 13.3. The molecule has 0 rings (SSSR count). The van der Waals surface area contributed by atoms with Crippen molar-refractivity contribution < 1.29 is 9.53 Å². The minimum atomic E-state index is -0.219. The van der Waals surface area contributed by atoms with E-state index in [-0.39, 0.29) is 5.97 Å². The Morgan fingerprint density at radius 2 is 2.50 bits per heavy atom. The van der Waals surface area contributed by atoms with E-state index in [0.717, 1.165) is 0 Å². The summed E-state index contributed by atoms with van der Waals surface area (Å²) >= 11 is 1.40. The molecule has 12 heavy (non-hydrogen) atoms. The quantitative estimate of drug-likeness (QED) is 0.209. The van der Waals surface area contributed by atoms with Gasteiger partial charge in [-0.25, -0.2) is 0 Å². The van der Waals surface area contributed by atoms with Crippen LogP contribution in [0.1, 0.15) is 6.92 Å². The number of nitrogens with zero attached hydrogens (tertiary/aromatic N) is 3. The monoisotopic (exact) mass is 189 g/mol. The first-order valence-corrected chi connectivity index (χ1v) is 4.71. The van der Waals surface area contributed by atoms with E-state index >= 15 is 0 Å². The standard InChI is InChI=1S/C6H11N3O2S/c1-2-11-6(10)5-12-4-3-8-9-7/h2-5H2,1H3. The number of hydrogen-bond donors (Lipinski definition) is 0. The lowest BCUT2D eigenvalue weighted by Crippen LogP contribution is -2.07. The van der Waals surface area contributed by atoms with Crippen LogP contribution in [0.15, 0.2) is 5.11 Å². The van der Waals surface area contributed by atoms with Crippen molar-refractivity contribution in [2.45, 2.75) is 6.92 Å². The minimum absolute atomic E-state index is 0.219. The van der Waals surface area contributed by atoms with Gasteiger partial charge < -0.3 is 4.74 Å². The van der Waals surface area contributed by atoms with Gasteiger partial charge in [-0.1, -0.05) is 5.11 Å². The highest BCUT2D eigenvalue weighted by molar-refractivity contribution is 7.99. The van der Waals surface area contributed by atoms with Gasteiger partial charge in [0.15, 0.2) is 0 Å². The second kappa shape index (κ2) is 8.23. The van der Waals surface area contributed by atoms with E-state index < -0.39 is 0 Å². The number of carbonyl (C=O) groups is 1. The molecule has 5 nitrogen and oxygen atoms in total. The smallest absolute Gasteiger partial charge is 0.315 e. The summed E-state index contributed by atoms with van der Waals surface area (Å²) in [6.07, 6.45) is 0. The molecule has 0 atom stereocenters. The molecule has 0 N–H and O–H groups in total. The maximum absolute atomic E-state index is 10.7. The van der Waals surface area contributed by atoms with E-state index in [9.17, 15) is 4.79 Å². The SMILES string of the molecule is CCOC(=O)CSCCN=[N+]=[N-]. The van der Waals surface area contributed by atoms with Crippen molar-refractivity contribution in [2.24, 2.45) is 5.11 Å². The molecule has 0 aliphatic rings. The lowest BCUT2D eigenvalue weighted by Gasteiger charge is -1.99. The van der Waals surface area contributed by atoms with Crippen molar-refractivity contribution in [1.82, 2.24) is 0 Å². The summed E-state index contributed by atoms with van der Waals surface area (Å²) in [5, 5.41) is 3.32. The molecular formula is C6H11N3O2S. The maximum Gasteiger partial charge on any atom is 0.315 e. The number of ether oxygens (including phenoxy) is 1. The number of azide groups is 1. The Hall–Kier alpha value is -0.870. The maximum atomic E-state index is 10.7. The van der Waals surface area contributed by atoms with Gasteiger partial charge in [0.1, 0.15) is 0 Å². The summed E-state index contributed by atoms with van der Waals surface area (Å²) in [6, 6.07) is 0. The first kappa shape index (κ1) is 11.1. The van der Waals surface area contributed by atoms with Gasteiger partial charge in [-0.05, 0) is 18.2 Å². The molecule has 0 radical (unpaired) electrons. The van der Waals surface area contributed by atoms with Gasteiger partial charge in [0, 0.05) is 11.5 Å². The summed E-state index contributed by atoms with van der Waals surface area (Å²) in [5.74, 6) is 0.765. The zero-order chi connectivity index (χ0) is 9.23. The summed E-state index contributed by atoms with van der Waals surface area (Å²) in [5.41, 5.74) is 7.92. The lowest BCUT2D eigenvalue weighted by molar-refractivity contribution is -0.139. The van der Waals surface area contributed by atoms with Crippen LogP contribution in [-0.4, -0.2) is 30.6 Å². The second-order valence-corrected chi connectivity index (χ2v) is 2.92. The van der Waals surface area contributed by atoms with E-state index in [0.29, 0.717) is 24.7 Å². The Morgan fingerprint density at radius 1 is 1.75 bits per heavy atom. The Bertz CT molecular complexity index is 180. The van der Waals surface area contributed by atoms with Crippen molar-refractivity contribution in [3.05, 3.63) is 10.4 Å². The summed E-state index contributed by atoms with van der Waals surface area (Å²) in [6.45, 7) is 2.60. The molecule has 0 aromatic carbocycles. The lowest BCUT2D eigenvalue weighted by atomic mass is 10.8. The second-order valence-electron chi connectivity index (χ2n) is 1.81. The molecule has 0 unspecified atom stereocenters. The molecular weight excluding hydrogens is 178 g/mol. The van der Waals surface area contributed by atoms with Gasteiger partial charge in [-0.3, -0.25) is 4.79 Å². The fourth-order valence-corrected chi connectivity index (χ4v) is 1.11. The van der Waals surface area contributed by atoms with Crippen LogP contribution in [-0.2, 0) is 9.53 Å². The van der Waals surface area contributed by atoms with E-state index in [4.69, 9.17) is 5.53 Å². The Kier molecular flexibility index (Phi) is 7.63. The third-order valence-electron chi connectivity index (χ3n) is 0.924. The van der Waals surface area contributed by atoms with E-state index in [1.165, 1.54) is 11.8 Å². The van der Waals surface area contributed by atoms with Crippen molar-refractivity contribution >= 4 is 17.7 Å². The number of hydrogen-bond acceptors (Lipinski definition) is 4. The van der Waals surface area contributed by atoms with Crippen LogP contribution < -0.4 is 0 Å². The van der Waals surface area contributed by atoms with Gasteiger partial charge in [0.05, 0.1) is 12.4 Å². The zero-order valence-corrected chi connectivity index (χ0v) is 7.71.